The van der Waals surface area contributed by atoms with Crippen LogP contribution in [-0.2, 0) is 6.42 Å². The van der Waals surface area contributed by atoms with Crippen molar-refractivity contribution in [3.8, 4) is 6.07 Å². The molecule has 19 heavy (non-hydrogen) atoms. The summed E-state index contributed by atoms with van der Waals surface area (Å²) in [5, 5.41) is 11.5. The number of anilines is 1. The van der Waals surface area contributed by atoms with E-state index < -0.39 is 0 Å². The van der Waals surface area contributed by atoms with Crippen molar-refractivity contribution < 1.29 is 4.79 Å². The van der Waals surface area contributed by atoms with Crippen LogP contribution in [0.25, 0.3) is 0 Å². The minimum Gasteiger partial charge on any atom is -0.322 e. The van der Waals surface area contributed by atoms with Crippen LogP contribution in [0, 0.1) is 11.3 Å². The number of amides is 1. The highest BCUT2D eigenvalue weighted by molar-refractivity contribution is 6.33. The predicted molar refractivity (Wildman–Crippen MR) is 73.0 cm³/mol. The third-order valence-electron chi connectivity index (χ3n) is 2.50. The van der Waals surface area contributed by atoms with Crippen LogP contribution in [0.4, 0.5) is 5.69 Å². The van der Waals surface area contributed by atoms with Gasteiger partial charge in [-0.25, -0.2) is 4.98 Å². The van der Waals surface area contributed by atoms with Crippen LogP contribution in [0.3, 0.4) is 0 Å². The summed E-state index contributed by atoms with van der Waals surface area (Å²) >= 11 is 5.84. The van der Waals surface area contributed by atoms with Crippen molar-refractivity contribution in [3.63, 3.8) is 0 Å². The van der Waals surface area contributed by atoms with Gasteiger partial charge in [0.15, 0.2) is 0 Å². The Morgan fingerprint density at radius 1 is 1.32 bits per heavy atom. The maximum absolute atomic E-state index is 12.0. The monoisotopic (exact) mass is 271 g/mol. The van der Waals surface area contributed by atoms with E-state index in [1.165, 1.54) is 6.20 Å². The van der Waals surface area contributed by atoms with Crippen LogP contribution < -0.4 is 5.32 Å². The number of aromatic nitrogens is 1. The van der Waals surface area contributed by atoms with Gasteiger partial charge in [0.25, 0.3) is 5.91 Å². The van der Waals surface area contributed by atoms with Crippen molar-refractivity contribution in [3.05, 3.63) is 58.9 Å². The van der Waals surface area contributed by atoms with Crippen LogP contribution in [-0.4, -0.2) is 10.9 Å². The number of carbonyl (C=O) groups excluding carboxylic acids is 1. The summed E-state index contributed by atoms with van der Waals surface area (Å²) in [6.45, 7) is 0. The molecule has 0 saturated carbocycles. The molecule has 0 bridgehead atoms. The first-order valence-electron chi connectivity index (χ1n) is 5.58. The zero-order valence-electron chi connectivity index (χ0n) is 9.93. The van der Waals surface area contributed by atoms with E-state index in [2.05, 4.69) is 16.4 Å². The molecule has 0 aliphatic rings. The first-order valence-corrected chi connectivity index (χ1v) is 5.96. The molecule has 4 nitrogen and oxygen atoms in total. The first kappa shape index (κ1) is 13.1. The molecule has 0 radical (unpaired) electrons. The fourth-order valence-corrected chi connectivity index (χ4v) is 1.76. The molecule has 5 heteroatoms. The highest BCUT2D eigenvalue weighted by Crippen LogP contribution is 2.15. The second kappa shape index (κ2) is 5.98. The molecule has 0 atom stereocenters. The normalized spacial score (nSPS) is 9.68. The van der Waals surface area contributed by atoms with E-state index in [1.807, 2.05) is 0 Å². The lowest BCUT2D eigenvalue weighted by atomic mass is 10.1. The average Bonchev–Trinajstić information content (AvgIpc) is 2.42. The number of carbonyl (C=O) groups is 1. The maximum atomic E-state index is 12.0. The van der Waals surface area contributed by atoms with E-state index >= 15 is 0 Å². The van der Waals surface area contributed by atoms with Crippen LogP contribution in [0.1, 0.15) is 15.9 Å². The van der Waals surface area contributed by atoms with Crippen LogP contribution in [0.5, 0.6) is 0 Å². The molecule has 1 N–H and O–H groups in total. The molecule has 1 amide bonds. The Bertz CT molecular complexity index is 632. The molecule has 2 aromatic rings. The highest BCUT2D eigenvalue weighted by Gasteiger charge is 2.10. The predicted octanol–water partition coefficient (Wildman–Crippen LogP) is 3.05. The fraction of sp³-hybridized carbons (Fsp3) is 0.0714. The van der Waals surface area contributed by atoms with Gasteiger partial charge in [-0.05, 0) is 29.8 Å². The molecular formula is C14H10ClN3O. The Balaban J connectivity index is 2.11. The summed E-state index contributed by atoms with van der Waals surface area (Å²) in [5.74, 6) is -0.314. The second-order valence-electron chi connectivity index (χ2n) is 3.83. The summed E-state index contributed by atoms with van der Waals surface area (Å²) in [6, 6.07) is 12.4. The quantitative estimate of drug-likeness (QED) is 0.873. The number of nitrogens with one attached hydrogen (secondary N) is 1. The standard InChI is InChI=1S/C14H10ClN3O/c15-13-12(2-1-9-17-13)14(19)18-11-5-3-10(4-6-11)7-8-16/h1-6,9H,7H2,(H,18,19). The van der Waals surface area contributed by atoms with E-state index in [0.717, 1.165) is 5.56 Å². The van der Waals surface area contributed by atoms with E-state index in [9.17, 15) is 4.79 Å². The molecule has 0 unspecified atom stereocenters. The smallest absolute Gasteiger partial charge is 0.258 e. The molecule has 94 valence electrons. The van der Waals surface area contributed by atoms with Gasteiger partial charge >= 0.3 is 0 Å². The third kappa shape index (κ3) is 3.30. The lowest BCUT2D eigenvalue weighted by molar-refractivity contribution is 0.102. The summed E-state index contributed by atoms with van der Waals surface area (Å²) in [5.41, 5.74) is 1.87. The number of nitrogens with zero attached hydrogens (tertiary/aromatic N) is 2. The summed E-state index contributed by atoms with van der Waals surface area (Å²) in [6.07, 6.45) is 1.87. The minimum absolute atomic E-state index is 0.168. The number of hydrogen-bond donors (Lipinski definition) is 1. The average molecular weight is 272 g/mol. The molecule has 1 aromatic carbocycles. The molecule has 2 rings (SSSR count). The number of benzene rings is 1. The summed E-state index contributed by atoms with van der Waals surface area (Å²) in [4.78, 5) is 15.8. The van der Waals surface area contributed by atoms with Gasteiger partial charge in [0.2, 0.25) is 0 Å². The molecule has 0 fully saturated rings. The Kier molecular flexibility index (Phi) is 4.11. The van der Waals surface area contributed by atoms with Crippen molar-refractivity contribution in [2.75, 3.05) is 5.32 Å². The molecule has 0 aliphatic heterocycles. The summed E-state index contributed by atoms with van der Waals surface area (Å²) in [7, 11) is 0. The van der Waals surface area contributed by atoms with Gasteiger partial charge in [0.1, 0.15) is 5.15 Å². The second-order valence-corrected chi connectivity index (χ2v) is 4.19. The number of pyridine rings is 1. The number of nitriles is 1. The van der Waals surface area contributed by atoms with E-state index in [1.54, 1.807) is 36.4 Å². The Morgan fingerprint density at radius 3 is 2.68 bits per heavy atom. The van der Waals surface area contributed by atoms with Crippen LogP contribution >= 0.6 is 11.6 Å². The van der Waals surface area contributed by atoms with Gasteiger partial charge in [-0.15, -0.1) is 0 Å². The lowest BCUT2D eigenvalue weighted by Gasteiger charge is -2.06. The highest BCUT2D eigenvalue weighted by atomic mass is 35.5. The van der Waals surface area contributed by atoms with Gasteiger partial charge < -0.3 is 5.32 Å². The maximum Gasteiger partial charge on any atom is 0.258 e. The topological polar surface area (TPSA) is 65.8 Å². The van der Waals surface area contributed by atoms with E-state index in [0.29, 0.717) is 17.7 Å². The Labute approximate surface area is 115 Å². The number of rotatable bonds is 3. The largest absolute Gasteiger partial charge is 0.322 e. The van der Waals surface area contributed by atoms with Gasteiger partial charge in [-0.1, -0.05) is 23.7 Å². The van der Waals surface area contributed by atoms with E-state index in [-0.39, 0.29) is 11.1 Å². The lowest BCUT2D eigenvalue weighted by Crippen LogP contribution is -2.12. The van der Waals surface area contributed by atoms with Gasteiger partial charge in [-0.2, -0.15) is 5.26 Å². The zero-order chi connectivity index (χ0) is 13.7. The minimum atomic E-state index is -0.314. The number of halogens is 1. The fourth-order valence-electron chi connectivity index (χ4n) is 1.55. The SMILES string of the molecule is N#CCc1ccc(NC(=O)c2cccnc2Cl)cc1. The number of hydrogen-bond acceptors (Lipinski definition) is 3. The molecule has 0 spiro atoms. The summed E-state index contributed by atoms with van der Waals surface area (Å²) < 4.78 is 0. The van der Waals surface area contributed by atoms with Gasteiger partial charge in [-0.3, -0.25) is 4.79 Å². The van der Waals surface area contributed by atoms with Gasteiger partial charge in [0.05, 0.1) is 18.1 Å². The first-order chi connectivity index (χ1) is 9.20. The van der Waals surface area contributed by atoms with Crippen LogP contribution in [0.2, 0.25) is 5.15 Å². The van der Waals surface area contributed by atoms with E-state index in [4.69, 9.17) is 16.9 Å². The van der Waals surface area contributed by atoms with Crippen molar-refractivity contribution in [1.29, 1.82) is 5.26 Å². The van der Waals surface area contributed by atoms with Crippen LogP contribution in [0.15, 0.2) is 42.6 Å². The molecule has 1 heterocycles. The van der Waals surface area contributed by atoms with Crippen molar-refractivity contribution in [1.82, 2.24) is 4.98 Å². The molecule has 0 saturated heterocycles. The molecular weight excluding hydrogens is 262 g/mol. The Morgan fingerprint density at radius 2 is 2.05 bits per heavy atom. The molecule has 1 aromatic heterocycles. The van der Waals surface area contributed by atoms with Crippen molar-refractivity contribution >= 4 is 23.2 Å². The molecule has 0 aliphatic carbocycles. The van der Waals surface area contributed by atoms with Crippen molar-refractivity contribution in [2.24, 2.45) is 0 Å². The van der Waals surface area contributed by atoms with Crippen molar-refractivity contribution in [2.45, 2.75) is 6.42 Å². The van der Waals surface area contributed by atoms with Gasteiger partial charge in [0, 0.05) is 11.9 Å². The Hall–Kier alpha value is -2.38. The third-order valence-corrected chi connectivity index (χ3v) is 2.80. The zero-order valence-corrected chi connectivity index (χ0v) is 10.7.